The van der Waals surface area contributed by atoms with E-state index < -0.39 is 5.97 Å². The normalized spacial score (nSPS) is 9.37. The van der Waals surface area contributed by atoms with Gasteiger partial charge in [-0.05, 0) is 36.5 Å². The van der Waals surface area contributed by atoms with Crippen LogP contribution >= 0.6 is 12.2 Å². The van der Waals surface area contributed by atoms with Crippen molar-refractivity contribution in [2.24, 2.45) is 0 Å². The lowest BCUT2D eigenvalue weighted by molar-refractivity contribution is -0.139. The summed E-state index contributed by atoms with van der Waals surface area (Å²) in [6.45, 7) is -0.154. The molecule has 0 bridgehead atoms. The van der Waals surface area contributed by atoms with Crippen LogP contribution in [-0.4, -0.2) is 37.7 Å². The SMILES string of the molecule is CNC(=S)Nc1ccc(C(=O)NCC(=O)OC)cc1. The summed E-state index contributed by atoms with van der Waals surface area (Å²) in [5, 5.41) is 8.65. The third-order valence-electron chi connectivity index (χ3n) is 2.25. The van der Waals surface area contributed by atoms with E-state index in [1.54, 1.807) is 31.3 Å². The van der Waals surface area contributed by atoms with Crippen molar-refractivity contribution in [2.45, 2.75) is 0 Å². The monoisotopic (exact) mass is 281 g/mol. The molecule has 1 rings (SSSR count). The lowest BCUT2D eigenvalue weighted by Crippen LogP contribution is -2.30. The molecule has 1 aromatic rings. The average Bonchev–Trinajstić information content (AvgIpc) is 2.44. The van der Waals surface area contributed by atoms with Crippen molar-refractivity contribution in [2.75, 3.05) is 26.0 Å². The minimum atomic E-state index is -0.494. The largest absolute Gasteiger partial charge is 0.468 e. The highest BCUT2D eigenvalue weighted by Crippen LogP contribution is 2.09. The summed E-state index contributed by atoms with van der Waals surface area (Å²) in [4.78, 5) is 22.6. The van der Waals surface area contributed by atoms with E-state index >= 15 is 0 Å². The summed E-state index contributed by atoms with van der Waals surface area (Å²) < 4.78 is 4.43. The molecule has 0 saturated carbocycles. The standard InChI is InChI=1S/C12H15N3O3S/c1-13-12(19)15-9-5-3-8(4-6-9)11(17)14-7-10(16)18-2/h3-6H,7H2,1-2H3,(H,14,17)(H2,13,15,19). The molecule has 0 aliphatic carbocycles. The number of thiocarbonyl (C=S) groups is 1. The van der Waals surface area contributed by atoms with E-state index in [1.807, 2.05) is 0 Å². The lowest BCUT2D eigenvalue weighted by Gasteiger charge is -2.08. The zero-order chi connectivity index (χ0) is 14.3. The highest BCUT2D eigenvalue weighted by molar-refractivity contribution is 7.80. The van der Waals surface area contributed by atoms with Gasteiger partial charge in [0, 0.05) is 18.3 Å². The zero-order valence-electron chi connectivity index (χ0n) is 10.6. The second kappa shape index (κ2) is 7.32. The summed E-state index contributed by atoms with van der Waals surface area (Å²) >= 11 is 4.95. The summed E-state index contributed by atoms with van der Waals surface area (Å²) in [5.74, 6) is -0.834. The molecular formula is C12H15N3O3S. The maximum atomic E-state index is 11.7. The third-order valence-corrected chi connectivity index (χ3v) is 2.56. The van der Waals surface area contributed by atoms with Crippen LogP contribution in [0.5, 0.6) is 0 Å². The van der Waals surface area contributed by atoms with Crippen LogP contribution in [0.25, 0.3) is 0 Å². The van der Waals surface area contributed by atoms with Crippen molar-refractivity contribution < 1.29 is 14.3 Å². The van der Waals surface area contributed by atoms with Gasteiger partial charge in [-0.3, -0.25) is 9.59 Å². The number of methoxy groups -OCH3 is 1. The molecule has 19 heavy (non-hydrogen) atoms. The van der Waals surface area contributed by atoms with Crippen molar-refractivity contribution in [3.63, 3.8) is 0 Å². The number of amides is 1. The van der Waals surface area contributed by atoms with E-state index in [4.69, 9.17) is 12.2 Å². The van der Waals surface area contributed by atoms with E-state index in [0.29, 0.717) is 10.7 Å². The number of hydrogen-bond donors (Lipinski definition) is 3. The third kappa shape index (κ3) is 4.92. The Morgan fingerprint density at radius 1 is 1.26 bits per heavy atom. The van der Waals surface area contributed by atoms with Crippen LogP contribution in [-0.2, 0) is 9.53 Å². The van der Waals surface area contributed by atoms with E-state index in [9.17, 15) is 9.59 Å². The van der Waals surface area contributed by atoms with Gasteiger partial charge in [0.2, 0.25) is 0 Å². The number of hydrogen-bond acceptors (Lipinski definition) is 4. The first kappa shape index (κ1) is 14.9. The van der Waals surface area contributed by atoms with Crippen LogP contribution in [0.4, 0.5) is 5.69 Å². The van der Waals surface area contributed by atoms with Crippen LogP contribution in [0.3, 0.4) is 0 Å². The maximum absolute atomic E-state index is 11.7. The van der Waals surface area contributed by atoms with Crippen LogP contribution in [0, 0.1) is 0 Å². The second-order valence-corrected chi connectivity index (χ2v) is 3.95. The molecule has 0 atom stereocenters. The molecule has 0 aliphatic heterocycles. The Bertz CT molecular complexity index is 474. The molecule has 102 valence electrons. The summed E-state index contributed by atoms with van der Waals surface area (Å²) in [6.07, 6.45) is 0. The Hall–Kier alpha value is -2.15. The Kier molecular flexibility index (Phi) is 5.74. The molecule has 0 heterocycles. The summed E-state index contributed by atoms with van der Waals surface area (Å²) in [5.41, 5.74) is 1.22. The Morgan fingerprint density at radius 3 is 2.42 bits per heavy atom. The van der Waals surface area contributed by atoms with Crippen molar-refractivity contribution in [3.05, 3.63) is 29.8 Å². The number of nitrogens with one attached hydrogen (secondary N) is 3. The molecule has 3 N–H and O–H groups in total. The molecule has 6 nitrogen and oxygen atoms in total. The quantitative estimate of drug-likeness (QED) is 0.551. The van der Waals surface area contributed by atoms with E-state index in [2.05, 4.69) is 20.7 Å². The molecule has 0 aliphatic rings. The molecule has 0 spiro atoms. The van der Waals surface area contributed by atoms with Gasteiger partial charge >= 0.3 is 5.97 Å². The van der Waals surface area contributed by atoms with Gasteiger partial charge in [-0.15, -0.1) is 0 Å². The van der Waals surface area contributed by atoms with Crippen LogP contribution < -0.4 is 16.0 Å². The first-order valence-corrected chi connectivity index (χ1v) is 5.91. The molecule has 0 fully saturated rings. The highest BCUT2D eigenvalue weighted by Gasteiger charge is 2.07. The van der Waals surface area contributed by atoms with Crippen molar-refractivity contribution in [1.29, 1.82) is 0 Å². The van der Waals surface area contributed by atoms with Gasteiger partial charge < -0.3 is 20.7 Å². The predicted octanol–water partition coefficient (Wildman–Crippen LogP) is 0.506. The zero-order valence-corrected chi connectivity index (χ0v) is 11.5. The lowest BCUT2D eigenvalue weighted by atomic mass is 10.2. The number of esters is 1. The minimum absolute atomic E-state index is 0.154. The molecule has 0 radical (unpaired) electrons. The van der Waals surface area contributed by atoms with Gasteiger partial charge in [-0.25, -0.2) is 0 Å². The number of carbonyl (C=O) groups excluding carboxylic acids is 2. The van der Waals surface area contributed by atoms with Crippen LogP contribution in [0.15, 0.2) is 24.3 Å². The number of benzene rings is 1. The Labute approximate surface area is 116 Å². The molecule has 0 unspecified atom stereocenters. The van der Waals surface area contributed by atoms with Gasteiger partial charge in [0.15, 0.2) is 5.11 Å². The first-order chi connectivity index (χ1) is 9.06. The van der Waals surface area contributed by atoms with Crippen LogP contribution in [0.1, 0.15) is 10.4 Å². The van der Waals surface area contributed by atoms with Crippen molar-refractivity contribution >= 4 is 34.9 Å². The maximum Gasteiger partial charge on any atom is 0.325 e. The molecular weight excluding hydrogens is 266 g/mol. The van der Waals surface area contributed by atoms with E-state index in [0.717, 1.165) is 5.69 Å². The predicted molar refractivity (Wildman–Crippen MR) is 76.1 cm³/mol. The van der Waals surface area contributed by atoms with Gasteiger partial charge in [-0.1, -0.05) is 0 Å². The molecule has 0 aromatic heterocycles. The highest BCUT2D eigenvalue weighted by atomic mass is 32.1. The average molecular weight is 281 g/mol. The second-order valence-electron chi connectivity index (χ2n) is 3.54. The fourth-order valence-corrected chi connectivity index (χ4v) is 1.34. The summed E-state index contributed by atoms with van der Waals surface area (Å²) in [7, 11) is 2.98. The van der Waals surface area contributed by atoms with Gasteiger partial charge in [0.1, 0.15) is 6.54 Å². The summed E-state index contributed by atoms with van der Waals surface area (Å²) in [6, 6.07) is 6.70. The number of carbonyl (C=O) groups is 2. The Morgan fingerprint density at radius 2 is 1.89 bits per heavy atom. The first-order valence-electron chi connectivity index (χ1n) is 5.50. The van der Waals surface area contributed by atoms with Gasteiger partial charge in [-0.2, -0.15) is 0 Å². The van der Waals surface area contributed by atoms with Crippen molar-refractivity contribution in [1.82, 2.24) is 10.6 Å². The number of rotatable bonds is 4. The van der Waals surface area contributed by atoms with Crippen molar-refractivity contribution in [3.8, 4) is 0 Å². The number of anilines is 1. The molecule has 1 amide bonds. The number of ether oxygens (including phenoxy) is 1. The molecule has 0 saturated heterocycles. The van der Waals surface area contributed by atoms with E-state index in [-0.39, 0.29) is 12.5 Å². The Balaban J connectivity index is 2.58. The minimum Gasteiger partial charge on any atom is -0.468 e. The van der Waals surface area contributed by atoms with Gasteiger partial charge in [0.25, 0.3) is 5.91 Å². The molecule has 7 heteroatoms. The van der Waals surface area contributed by atoms with E-state index in [1.165, 1.54) is 7.11 Å². The molecule has 1 aromatic carbocycles. The fourth-order valence-electron chi connectivity index (χ4n) is 1.23. The van der Waals surface area contributed by atoms with Gasteiger partial charge in [0.05, 0.1) is 7.11 Å². The smallest absolute Gasteiger partial charge is 0.325 e. The fraction of sp³-hybridized carbons (Fsp3) is 0.250. The van der Waals surface area contributed by atoms with Crippen LogP contribution in [0.2, 0.25) is 0 Å². The topological polar surface area (TPSA) is 79.5 Å².